The lowest BCUT2D eigenvalue weighted by atomic mass is 10.2. The Balaban J connectivity index is 2.13. The first kappa shape index (κ1) is 13.4. The number of hydrogen-bond acceptors (Lipinski definition) is 3. The van der Waals surface area contributed by atoms with Crippen LogP contribution < -0.4 is 5.32 Å². The van der Waals surface area contributed by atoms with Gasteiger partial charge in [-0.2, -0.15) is 5.10 Å². The van der Waals surface area contributed by atoms with Gasteiger partial charge >= 0.3 is 0 Å². The van der Waals surface area contributed by atoms with Crippen LogP contribution in [0.3, 0.4) is 0 Å². The largest absolute Gasteiger partial charge is 0.506 e. The van der Waals surface area contributed by atoms with Crippen LogP contribution in [0.25, 0.3) is 0 Å². The molecule has 0 aliphatic heterocycles. The van der Waals surface area contributed by atoms with Crippen LogP contribution in [-0.2, 0) is 13.6 Å². The van der Waals surface area contributed by atoms with E-state index in [0.29, 0.717) is 15.5 Å². The molecule has 1 aromatic carbocycles. The van der Waals surface area contributed by atoms with Gasteiger partial charge in [-0.15, -0.1) is 0 Å². The van der Waals surface area contributed by atoms with E-state index >= 15 is 0 Å². The first-order chi connectivity index (χ1) is 8.47. The second kappa shape index (κ2) is 5.32. The lowest BCUT2D eigenvalue weighted by Gasteiger charge is -2.08. The number of benzene rings is 1. The smallest absolute Gasteiger partial charge is 0.143 e. The molecule has 0 unspecified atom stereocenters. The summed E-state index contributed by atoms with van der Waals surface area (Å²) in [6, 6.07) is 3.78. The quantitative estimate of drug-likeness (QED) is 0.863. The van der Waals surface area contributed by atoms with Gasteiger partial charge < -0.3 is 10.4 Å². The number of halogens is 2. The maximum atomic E-state index is 9.64. The van der Waals surface area contributed by atoms with E-state index in [2.05, 4.69) is 42.3 Å². The maximum Gasteiger partial charge on any atom is 0.143 e. The zero-order chi connectivity index (χ0) is 13.3. The Morgan fingerprint density at radius 3 is 2.44 bits per heavy atom. The number of nitrogens with zero attached hydrogens (tertiary/aromatic N) is 2. The van der Waals surface area contributed by atoms with Crippen LogP contribution in [0.5, 0.6) is 5.75 Å². The van der Waals surface area contributed by atoms with Gasteiger partial charge in [-0.25, -0.2) is 0 Å². The summed E-state index contributed by atoms with van der Waals surface area (Å²) in [4.78, 5) is 0. The summed E-state index contributed by atoms with van der Waals surface area (Å²) >= 11 is 6.63. The monoisotopic (exact) mass is 373 g/mol. The number of aryl methyl sites for hydroxylation is 2. The fourth-order valence-electron chi connectivity index (χ4n) is 1.69. The van der Waals surface area contributed by atoms with E-state index in [9.17, 15) is 5.11 Å². The summed E-state index contributed by atoms with van der Waals surface area (Å²) in [6.07, 6.45) is 1.94. The second-order valence-corrected chi connectivity index (χ2v) is 5.77. The van der Waals surface area contributed by atoms with Crippen molar-refractivity contribution in [3.05, 3.63) is 38.5 Å². The van der Waals surface area contributed by atoms with E-state index in [4.69, 9.17) is 0 Å². The number of aromatic hydroxyl groups is 1. The summed E-state index contributed by atoms with van der Waals surface area (Å²) in [7, 11) is 1.89. The van der Waals surface area contributed by atoms with E-state index < -0.39 is 0 Å². The van der Waals surface area contributed by atoms with Crippen molar-refractivity contribution in [2.45, 2.75) is 13.5 Å². The van der Waals surface area contributed by atoms with Crippen LogP contribution in [-0.4, -0.2) is 14.9 Å². The van der Waals surface area contributed by atoms with Gasteiger partial charge in [0.25, 0.3) is 0 Å². The van der Waals surface area contributed by atoms with Gasteiger partial charge in [0.1, 0.15) is 5.75 Å². The molecule has 0 radical (unpaired) electrons. The molecule has 4 nitrogen and oxygen atoms in total. The Kier molecular flexibility index (Phi) is 3.97. The molecule has 2 rings (SSSR count). The molecule has 2 N–H and O–H groups in total. The number of anilines is 1. The summed E-state index contributed by atoms with van der Waals surface area (Å²) < 4.78 is 3.13. The van der Waals surface area contributed by atoms with E-state index in [1.807, 2.05) is 32.3 Å². The molecule has 0 aliphatic rings. The molecule has 18 heavy (non-hydrogen) atoms. The molecule has 0 spiro atoms. The molecule has 0 bridgehead atoms. The first-order valence-corrected chi connectivity index (χ1v) is 6.97. The van der Waals surface area contributed by atoms with Crippen molar-refractivity contribution < 1.29 is 5.11 Å². The van der Waals surface area contributed by atoms with Gasteiger partial charge in [-0.3, -0.25) is 4.68 Å². The summed E-state index contributed by atoms with van der Waals surface area (Å²) in [5, 5.41) is 17.2. The van der Waals surface area contributed by atoms with Crippen molar-refractivity contribution in [3.8, 4) is 5.75 Å². The van der Waals surface area contributed by atoms with Crippen LogP contribution in [0.2, 0.25) is 0 Å². The molecule has 0 atom stereocenters. The van der Waals surface area contributed by atoms with E-state index in [1.165, 1.54) is 0 Å². The van der Waals surface area contributed by atoms with Crippen LogP contribution in [0.15, 0.2) is 27.3 Å². The number of nitrogens with one attached hydrogen (secondary N) is 1. The van der Waals surface area contributed by atoms with Crippen LogP contribution >= 0.6 is 31.9 Å². The fraction of sp³-hybridized carbons (Fsp3) is 0.250. The number of rotatable bonds is 3. The van der Waals surface area contributed by atoms with Crippen molar-refractivity contribution >= 4 is 37.5 Å². The topological polar surface area (TPSA) is 50.1 Å². The average Bonchev–Trinajstić information content (AvgIpc) is 2.62. The Hall–Kier alpha value is -1.01. The first-order valence-electron chi connectivity index (χ1n) is 5.38. The van der Waals surface area contributed by atoms with Crippen molar-refractivity contribution in [1.82, 2.24) is 9.78 Å². The molecule has 0 fully saturated rings. The predicted octanol–water partition coefficient (Wildman–Crippen LogP) is 3.57. The van der Waals surface area contributed by atoms with Crippen LogP contribution in [0, 0.1) is 6.92 Å². The highest BCUT2D eigenvalue weighted by atomic mass is 79.9. The zero-order valence-electron chi connectivity index (χ0n) is 10.0. The third kappa shape index (κ3) is 2.87. The number of aromatic nitrogens is 2. The molecule has 0 amide bonds. The van der Waals surface area contributed by atoms with Crippen molar-refractivity contribution in [3.63, 3.8) is 0 Å². The highest BCUT2D eigenvalue weighted by Gasteiger charge is 2.07. The van der Waals surface area contributed by atoms with Gasteiger partial charge in [-0.1, -0.05) is 0 Å². The molecule has 2 aromatic rings. The summed E-state index contributed by atoms with van der Waals surface area (Å²) in [5.41, 5.74) is 3.04. The van der Waals surface area contributed by atoms with Gasteiger partial charge in [0.05, 0.1) is 20.3 Å². The number of phenolic OH excluding ortho intramolecular Hbond substituents is 1. The van der Waals surface area contributed by atoms with Crippen molar-refractivity contribution in [2.75, 3.05) is 5.32 Å². The molecule has 1 aromatic heterocycles. The SMILES string of the molecule is Cc1nn(C)cc1NCc1cc(Br)c(O)c(Br)c1. The van der Waals surface area contributed by atoms with Gasteiger partial charge in [-0.05, 0) is 56.5 Å². The van der Waals surface area contributed by atoms with Gasteiger partial charge in [0.15, 0.2) is 0 Å². The lowest BCUT2D eigenvalue weighted by molar-refractivity contribution is 0.468. The molecule has 1 heterocycles. The minimum absolute atomic E-state index is 0.219. The molecule has 96 valence electrons. The molecule has 0 saturated carbocycles. The van der Waals surface area contributed by atoms with Crippen LogP contribution in [0.4, 0.5) is 5.69 Å². The second-order valence-electron chi connectivity index (χ2n) is 4.06. The molecular formula is C12H13Br2N3O. The third-order valence-electron chi connectivity index (χ3n) is 2.57. The maximum absolute atomic E-state index is 9.64. The Labute approximate surface area is 122 Å². The number of phenols is 1. The number of hydrogen-bond donors (Lipinski definition) is 2. The Morgan fingerprint density at radius 2 is 1.94 bits per heavy atom. The summed E-state index contributed by atoms with van der Waals surface area (Å²) in [5.74, 6) is 0.219. The Morgan fingerprint density at radius 1 is 1.33 bits per heavy atom. The van der Waals surface area contributed by atoms with Gasteiger partial charge in [0, 0.05) is 19.8 Å². The lowest BCUT2D eigenvalue weighted by Crippen LogP contribution is -2.00. The third-order valence-corrected chi connectivity index (χ3v) is 3.78. The van der Waals surface area contributed by atoms with E-state index in [-0.39, 0.29) is 5.75 Å². The highest BCUT2D eigenvalue weighted by molar-refractivity contribution is 9.11. The Bertz CT molecular complexity index is 558. The normalized spacial score (nSPS) is 10.7. The van der Waals surface area contributed by atoms with E-state index in [1.54, 1.807) is 4.68 Å². The molecular weight excluding hydrogens is 362 g/mol. The van der Waals surface area contributed by atoms with Gasteiger partial charge in [0.2, 0.25) is 0 Å². The summed E-state index contributed by atoms with van der Waals surface area (Å²) in [6.45, 7) is 2.63. The van der Waals surface area contributed by atoms with Crippen molar-refractivity contribution in [2.24, 2.45) is 7.05 Å². The molecule has 6 heteroatoms. The molecule has 0 saturated heterocycles. The minimum Gasteiger partial charge on any atom is -0.506 e. The molecule has 0 aliphatic carbocycles. The highest BCUT2D eigenvalue weighted by Crippen LogP contribution is 2.33. The van der Waals surface area contributed by atoms with Crippen LogP contribution in [0.1, 0.15) is 11.3 Å². The standard InChI is InChI=1S/C12H13Br2N3O/c1-7-11(6-17(2)16-7)15-5-8-3-9(13)12(18)10(14)4-8/h3-4,6,15,18H,5H2,1-2H3. The van der Waals surface area contributed by atoms with Crippen molar-refractivity contribution in [1.29, 1.82) is 0 Å². The van der Waals surface area contributed by atoms with E-state index in [0.717, 1.165) is 16.9 Å². The minimum atomic E-state index is 0.219. The average molecular weight is 375 g/mol. The predicted molar refractivity (Wildman–Crippen MR) is 78.8 cm³/mol. The fourth-order valence-corrected chi connectivity index (χ4v) is 2.97. The zero-order valence-corrected chi connectivity index (χ0v) is 13.2.